The number of aryl methyl sites for hydroxylation is 1. The summed E-state index contributed by atoms with van der Waals surface area (Å²) in [6.45, 7) is 1.29. The Morgan fingerprint density at radius 1 is 1.18 bits per heavy atom. The lowest BCUT2D eigenvalue weighted by Crippen LogP contribution is -2.17. The van der Waals surface area contributed by atoms with E-state index in [2.05, 4.69) is 0 Å². The largest absolute Gasteiger partial charge is 0.482 e. The first kappa shape index (κ1) is 15.8. The minimum atomic E-state index is -0.608. The second kappa shape index (κ2) is 6.91. The van der Waals surface area contributed by atoms with Crippen molar-refractivity contribution >= 4 is 23.3 Å². The van der Waals surface area contributed by atoms with Gasteiger partial charge in [0.15, 0.2) is 6.61 Å². The molecule has 0 bridgehead atoms. The van der Waals surface area contributed by atoms with Crippen molar-refractivity contribution in [2.24, 2.45) is 0 Å². The number of carbonyl (C=O) groups excluding carboxylic acids is 1. The van der Waals surface area contributed by atoms with E-state index in [0.717, 1.165) is 0 Å². The number of esters is 1. The summed E-state index contributed by atoms with van der Waals surface area (Å²) in [5.41, 5.74) is 0.381. The first-order valence-corrected chi connectivity index (χ1v) is 6.67. The van der Waals surface area contributed by atoms with E-state index in [9.17, 15) is 14.9 Å². The maximum absolute atomic E-state index is 11.7. The third-order valence-corrected chi connectivity index (χ3v) is 3.02. The summed E-state index contributed by atoms with van der Waals surface area (Å²) >= 11 is 5.74. The minimum Gasteiger partial charge on any atom is -0.482 e. The van der Waals surface area contributed by atoms with E-state index in [1.165, 1.54) is 18.2 Å². The average molecular weight is 322 g/mol. The van der Waals surface area contributed by atoms with Crippen LogP contribution in [0.2, 0.25) is 5.02 Å². The summed E-state index contributed by atoms with van der Waals surface area (Å²) in [5.74, 6) is 0.109. The number of carbonyl (C=O) groups is 1. The average Bonchev–Trinajstić information content (AvgIpc) is 2.46. The Kier molecular flexibility index (Phi) is 4.95. The Morgan fingerprint density at radius 3 is 2.41 bits per heavy atom. The highest BCUT2D eigenvalue weighted by molar-refractivity contribution is 6.30. The van der Waals surface area contributed by atoms with Gasteiger partial charge in [0.1, 0.15) is 11.5 Å². The number of nitro benzene ring substituents is 1. The molecule has 6 nitrogen and oxygen atoms in total. The Balaban J connectivity index is 1.93. The van der Waals surface area contributed by atoms with Gasteiger partial charge in [-0.3, -0.25) is 10.1 Å². The van der Waals surface area contributed by atoms with Crippen LogP contribution in [0.15, 0.2) is 42.5 Å². The third kappa shape index (κ3) is 4.20. The summed E-state index contributed by atoms with van der Waals surface area (Å²) in [6, 6.07) is 10.6. The molecule has 2 aromatic rings. The van der Waals surface area contributed by atoms with Gasteiger partial charge in [0.25, 0.3) is 5.69 Å². The minimum absolute atomic E-state index is 0.0304. The van der Waals surface area contributed by atoms with Crippen LogP contribution in [-0.2, 0) is 4.79 Å². The molecule has 0 N–H and O–H groups in total. The topological polar surface area (TPSA) is 78.7 Å². The predicted molar refractivity (Wildman–Crippen MR) is 80.4 cm³/mol. The van der Waals surface area contributed by atoms with Crippen molar-refractivity contribution in [3.8, 4) is 11.5 Å². The van der Waals surface area contributed by atoms with Gasteiger partial charge in [-0.05, 0) is 43.3 Å². The molecule has 114 valence electrons. The van der Waals surface area contributed by atoms with E-state index in [-0.39, 0.29) is 18.0 Å². The molecule has 0 atom stereocenters. The molecular formula is C15H12ClNO5. The van der Waals surface area contributed by atoms with Crippen LogP contribution in [0.4, 0.5) is 5.69 Å². The van der Waals surface area contributed by atoms with Gasteiger partial charge >= 0.3 is 5.97 Å². The van der Waals surface area contributed by atoms with Crippen molar-refractivity contribution in [2.75, 3.05) is 6.61 Å². The van der Waals surface area contributed by atoms with Gasteiger partial charge < -0.3 is 9.47 Å². The fourth-order valence-electron chi connectivity index (χ4n) is 1.73. The van der Waals surface area contributed by atoms with Crippen LogP contribution in [0.1, 0.15) is 5.56 Å². The lowest BCUT2D eigenvalue weighted by Gasteiger charge is -2.07. The number of hydrogen-bond donors (Lipinski definition) is 0. The fraction of sp³-hybridized carbons (Fsp3) is 0.133. The van der Waals surface area contributed by atoms with Crippen LogP contribution >= 0.6 is 11.6 Å². The van der Waals surface area contributed by atoms with Crippen LogP contribution in [0.25, 0.3) is 0 Å². The van der Waals surface area contributed by atoms with E-state index < -0.39 is 10.9 Å². The second-order valence-corrected chi connectivity index (χ2v) is 4.86. The number of hydrogen-bond acceptors (Lipinski definition) is 5. The van der Waals surface area contributed by atoms with Crippen molar-refractivity contribution in [3.63, 3.8) is 0 Å². The molecule has 0 aliphatic carbocycles. The molecule has 2 aromatic carbocycles. The fourth-order valence-corrected chi connectivity index (χ4v) is 1.86. The van der Waals surface area contributed by atoms with Crippen LogP contribution in [0.5, 0.6) is 11.5 Å². The maximum Gasteiger partial charge on any atom is 0.349 e. The van der Waals surface area contributed by atoms with Gasteiger partial charge in [-0.2, -0.15) is 0 Å². The third-order valence-electron chi connectivity index (χ3n) is 2.77. The van der Waals surface area contributed by atoms with E-state index in [0.29, 0.717) is 16.3 Å². The van der Waals surface area contributed by atoms with Crippen LogP contribution in [0.3, 0.4) is 0 Å². The molecular weight excluding hydrogens is 310 g/mol. The number of halogens is 1. The molecule has 0 aliphatic heterocycles. The highest BCUT2D eigenvalue weighted by Gasteiger charge is 2.13. The molecule has 0 radical (unpaired) electrons. The molecule has 7 heteroatoms. The Morgan fingerprint density at radius 2 is 1.82 bits per heavy atom. The van der Waals surface area contributed by atoms with Gasteiger partial charge in [0.2, 0.25) is 0 Å². The highest BCUT2D eigenvalue weighted by atomic mass is 35.5. The monoisotopic (exact) mass is 321 g/mol. The lowest BCUT2D eigenvalue weighted by molar-refractivity contribution is -0.385. The summed E-state index contributed by atoms with van der Waals surface area (Å²) in [7, 11) is 0. The Hall–Kier alpha value is -2.60. The van der Waals surface area contributed by atoms with Gasteiger partial charge in [-0.1, -0.05) is 11.6 Å². The van der Waals surface area contributed by atoms with E-state index in [1.807, 2.05) is 0 Å². The molecule has 0 saturated heterocycles. The van der Waals surface area contributed by atoms with Gasteiger partial charge in [-0.25, -0.2) is 4.79 Å². The van der Waals surface area contributed by atoms with E-state index in [4.69, 9.17) is 21.1 Å². The van der Waals surface area contributed by atoms with Crippen molar-refractivity contribution in [1.29, 1.82) is 0 Å². The van der Waals surface area contributed by atoms with Crippen molar-refractivity contribution in [2.45, 2.75) is 6.92 Å². The predicted octanol–water partition coefficient (Wildman–Crippen LogP) is 3.54. The summed E-state index contributed by atoms with van der Waals surface area (Å²) < 4.78 is 10.3. The van der Waals surface area contributed by atoms with Crippen LogP contribution < -0.4 is 9.47 Å². The first-order valence-electron chi connectivity index (χ1n) is 6.30. The summed E-state index contributed by atoms with van der Waals surface area (Å²) in [5, 5.41) is 11.3. The standard InChI is InChI=1S/C15H12ClNO5/c1-10-8-13(6-7-14(10)17(19)20)22-15(18)9-21-12-4-2-11(16)3-5-12/h2-8H,9H2,1H3. The number of benzene rings is 2. The number of nitrogens with zero attached hydrogens (tertiary/aromatic N) is 1. The molecule has 2 rings (SSSR count). The highest BCUT2D eigenvalue weighted by Crippen LogP contribution is 2.23. The molecule has 0 unspecified atom stereocenters. The number of ether oxygens (including phenoxy) is 2. The molecule has 0 saturated carbocycles. The zero-order valence-corrected chi connectivity index (χ0v) is 12.4. The smallest absolute Gasteiger partial charge is 0.349 e. The summed E-state index contributed by atoms with van der Waals surface area (Å²) in [6.07, 6.45) is 0. The van der Waals surface area contributed by atoms with Crippen molar-refractivity contribution in [1.82, 2.24) is 0 Å². The second-order valence-electron chi connectivity index (χ2n) is 4.42. The van der Waals surface area contributed by atoms with Crippen LogP contribution in [0, 0.1) is 17.0 Å². The number of rotatable bonds is 5. The zero-order valence-electron chi connectivity index (χ0n) is 11.6. The first-order chi connectivity index (χ1) is 10.5. The number of nitro groups is 1. The quantitative estimate of drug-likeness (QED) is 0.364. The van der Waals surface area contributed by atoms with Gasteiger partial charge in [0.05, 0.1) is 4.92 Å². The maximum atomic E-state index is 11.7. The van der Waals surface area contributed by atoms with E-state index >= 15 is 0 Å². The SMILES string of the molecule is Cc1cc(OC(=O)COc2ccc(Cl)cc2)ccc1[N+](=O)[O-]. The molecule has 0 amide bonds. The van der Waals surface area contributed by atoms with Gasteiger partial charge in [0, 0.05) is 16.7 Å². The Labute approximate surface area is 131 Å². The molecule has 22 heavy (non-hydrogen) atoms. The molecule has 0 fully saturated rings. The molecule has 0 spiro atoms. The zero-order chi connectivity index (χ0) is 16.1. The normalized spacial score (nSPS) is 10.1. The summed E-state index contributed by atoms with van der Waals surface area (Å²) in [4.78, 5) is 21.9. The van der Waals surface area contributed by atoms with E-state index in [1.54, 1.807) is 31.2 Å². The van der Waals surface area contributed by atoms with Crippen LogP contribution in [-0.4, -0.2) is 17.5 Å². The Bertz CT molecular complexity index is 700. The molecule has 0 aromatic heterocycles. The van der Waals surface area contributed by atoms with Crippen molar-refractivity contribution < 1.29 is 19.2 Å². The molecule has 0 aliphatic rings. The van der Waals surface area contributed by atoms with Gasteiger partial charge in [-0.15, -0.1) is 0 Å². The van der Waals surface area contributed by atoms with Crippen molar-refractivity contribution in [3.05, 3.63) is 63.2 Å². The molecule has 0 heterocycles. The lowest BCUT2D eigenvalue weighted by atomic mass is 10.2.